The van der Waals surface area contributed by atoms with Gasteiger partial charge in [-0.05, 0) is 29.8 Å². The third-order valence-electron chi connectivity index (χ3n) is 5.34. The molecule has 4 rings (SSSR count). The molecule has 2 heterocycles. The van der Waals surface area contributed by atoms with E-state index in [0.29, 0.717) is 11.3 Å². The largest absolute Gasteiger partial charge is 0.508 e. The van der Waals surface area contributed by atoms with Gasteiger partial charge in [-0.15, -0.1) is 0 Å². The lowest BCUT2D eigenvalue weighted by atomic mass is 9.89. The van der Waals surface area contributed by atoms with Crippen LogP contribution in [0.2, 0.25) is 0 Å². The van der Waals surface area contributed by atoms with E-state index in [9.17, 15) is 30.3 Å². The standard InChI is InChI=1S/C21H22O9/c22-8-16-18(25)19(26)20(27)21(30-16)29-12-5-6-13-15(7-12)28-9-14(17(13)24)10-1-3-11(23)4-2-10/h1-7,14,16,18-23,25-27H,8-9H2/t14-,16-,18-,19+,20+,21+/m1/s1. The van der Waals surface area contributed by atoms with Crippen molar-refractivity contribution in [3.8, 4) is 17.2 Å². The third-order valence-corrected chi connectivity index (χ3v) is 5.34. The number of phenols is 1. The summed E-state index contributed by atoms with van der Waals surface area (Å²) in [5, 5.41) is 48.5. The quantitative estimate of drug-likeness (QED) is 0.460. The van der Waals surface area contributed by atoms with Gasteiger partial charge in [0.05, 0.1) is 18.1 Å². The van der Waals surface area contributed by atoms with E-state index in [1.165, 1.54) is 30.3 Å². The predicted octanol–water partition coefficient (Wildman–Crippen LogP) is -0.0702. The van der Waals surface area contributed by atoms with Crippen LogP contribution in [0.3, 0.4) is 0 Å². The number of benzene rings is 2. The molecule has 0 radical (unpaired) electrons. The minimum atomic E-state index is -1.55. The smallest absolute Gasteiger partial charge is 0.229 e. The number of carbonyl (C=O) groups excluding carboxylic acids is 1. The lowest BCUT2D eigenvalue weighted by molar-refractivity contribution is -0.277. The Labute approximate surface area is 171 Å². The number of aromatic hydroxyl groups is 1. The molecule has 0 aromatic heterocycles. The molecule has 1 fully saturated rings. The summed E-state index contributed by atoms with van der Waals surface area (Å²) >= 11 is 0. The molecule has 160 valence electrons. The van der Waals surface area contributed by atoms with E-state index in [0.717, 1.165) is 5.56 Å². The number of ketones is 1. The van der Waals surface area contributed by atoms with Crippen molar-refractivity contribution in [3.05, 3.63) is 53.6 Å². The minimum Gasteiger partial charge on any atom is -0.508 e. The van der Waals surface area contributed by atoms with E-state index in [-0.39, 0.29) is 23.9 Å². The van der Waals surface area contributed by atoms with Crippen LogP contribution in [0.15, 0.2) is 42.5 Å². The van der Waals surface area contributed by atoms with Crippen LogP contribution in [0.25, 0.3) is 0 Å². The van der Waals surface area contributed by atoms with E-state index < -0.39 is 43.2 Å². The summed E-state index contributed by atoms with van der Waals surface area (Å²) in [6.45, 7) is -0.453. The molecule has 6 atom stereocenters. The van der Waals surface area contributed by atoms with Gasteiger partial charge in [0.2, 0.25) is 6.29 Å². The van der Waals surface area contributed by atoms with Crippen LogP contribution in [-0.2, 0) is 4.74 Å². The van der Waals surface area contributed by atoms with E-state index in [1.54, 1.807) is 12.1 Å². The lowest BCUT2D eigenvalue weighted by Gasteiger charge is -2.39. The maximum absolute atomic E-state index is 12.9. The number of hydrogen-bond acceptors (Lipinski definition) is 9. The first kappa shape index (κ1) is 20.6. The fourth-order valence-corrected chi connectivity index (χ4v) is 3.59. The SMILES string of the molecule is O=C1c2ccc(O[C@H]3O[C@H](CO)[C@@H](O)[C@H](O)[C@@H]3O)cc2OC[C@@H]1c1ccc(O)cc1. The van der Waals surface area contributed by atoms with Gasteiger partial charge in [0.1, 0.15) is 48.3 Å². The number of fused-ring (bicyclic) bond motifs is 1. The number of Topliss-reactive ketones (excluding diaryl/α,β-unsaturated/α-hetero) is 1. The Balaban J connectivity index is 1.51. The second-order valence-electron chi connectivity index (χ2n) is 7.29. The molecule has 0 spiro atoms. The van der Waals surface area contributed by atoms with Crippen molar-refractivity contribution in [2.75, 3.05) is 13.2 Å². The molecule has 2 aliphatic rings. The first-order chi connectivity index (χ1) is 14.4. The zero-order valence-corrected chi connectivity index (χ0v) is 15.8. The van der Waals surface area contributed by atoms with E-state index >= 15 is 0 Å². The van der Waals surface area contributed by atoms with Crippen LogP contribution >= 0.6 is 0 Å². The molecule has 30 heavy (non-hydrogen) atoms. The molecule has 0 unspecified atom stereocenters. The normalized spacial score (nSPS) is 31.0. The van der Waals surface area contributed by atoms with Crippen LogP contribution in [-0.4, -0.2) is 75.2 Å². The van der Waals surface area contributed by atoms with Crippen molar-refractivity contribution in [2.24, 2.45) is 0 Å². The summed E-state index contributed by atoms with van der Waals surface area (Å²) in [4.78, 5) is 12.9. The average Bonchev–Trinajstić information content (AvgIpc) is 2.75. The van der Waals surface area contributed by atoms with Gasteiger partial charge >= 0.3 is 0 Å². The molecule has 2 aromatic rings. The Morgan fingerprint density at radius 1 is 1.00 bits per heavy atom. The van der Waals surface area contributed by atoms with E-state index in [4.69, 9.17) is 14.2 Å². The third kappa shape index (κ3) is 3.73. The monoisotopic (exact) mass is 418 g/mol. The van der Waals surface area contributed by atoms with Crippen molar-refractivity contribution < 1.29 is 44.5 Å². The average molecular weight is 418 g/mol. The number of hydrogen-bond donors (Lipinski definition) is 5. The first-order valence-electron chi connectivity index (χ1n) is 9.46. The van der Waals surface area contributed by atoms with Gasteiger partial charge in [0, 0.05) is 6.07 Å². The predicted molar refractivity (Wildman–Crippen MR) is 102 cm³/mol. The van der Waals surface area contributed by atoms with E-state index in [2.05, 4.69) is 0 Å². The van der Waals surface area contributed by atoms with Crippen molar-refractivity contribution >= 4 is 5.78 Å². The lowest BCUT2D eigenvalue weighted by Crippen LogP contribution is -2.60. The van der Waals surface area contributed by atoms with Gasteiger partial charge in [0.15, 0.2) is 5.78 Å². The highest BCUT2D eigenvalue weighted by molar-refractivity contribution is 6.04. The summed E-state index contributed by atoms with van der Waals surface area (Å²) < 4.78 is 16.6. The molecule has 0 saturated carbocycles. The van der Waals surface area contributed by atoms with Gasteiger partial charge < -0.3 is 39.7 Å². The van der Waals surface area contributed by atoms with Crippen LogP contribution in [0.1, 0.15) is 21.8 Å². The number of ether oxygens (including phenoxy) is 3. The zero-order valence-electron chi connectivity index (χ0n) is 15.8. The molecule has 1 saturated heterocycles. The Kier molecular flexibility index (Phi) is 5.63. The summed E-state index contributed by atoms with van der Waals surface area (Å²) in [6, 6.07) is 10.9. The molecule has 5 N–H and O–H groups in total. The van der Waals surface area contributed by atoms with Crippen molar-refractivity contribution in [3.63, 3.8) is 0 Å². The maximum atomic E-state index is 12.9. The number of aliphatic hydroxyl groups excluding tert-OH is 4. The van der Waals surface area contributed by atoms with Gasteiger partial charge in [-0.25, -0.2) is 0 Å². The summed E-state index contributed by atoms with van der Waals surface area (Å²) in [7, 11) is 0. The molecule has 0 amide bonds. The number of carbonyl (C=O) groups is 1. The topological polar surface area (TPSA) is 146 Å². The Bertz CT molecular complexity index is 911. The highest BCUT2D eigenvalue weighted by atomic mass is 16.7. The Morgan fingerprint density at radius 3 is 2.43 bits per heavy atom. The number of rotatable bonds is 4. The fraction of sp³-hybridized carbons (Fsp3) is 0.381. The number of phenolic OH excluding ortho intramolecular Hbond substituents is 1. The van der Waals surface area contributed by atoms with Crippen LogP contribution in [0.4, 0.5) is 0 Å². The van der Waals surface area contributed by atoms with Gasteiger partial charge in [0.25, 0.3) is 0 Å². The molecule has 2 aromatic carbocycles. The van der Waals surface area contributed by atoms with Crippen molar-refractivity contribution in [1.82, 2.24) is 0 Å². The molecular weight excluding hydrogens is 396 g/mol. The van der Waals surface area contributed by atoms with Crippen LogP contribution in [0, 0.1) is 0 Å². The minimum absolute atomic E-state index is 0.110. The zero-order chi connectivity index (χ0) is 21.4. The summed E-state index contributed by atoms with van der Waals surface area (Å²) in [5.74, 6) is -0.0129. The second kappa shape index (κ2) is 8.21. The van der Waals surface area contributed by atoms with Gasteiger partial charge in [-0.3, -0.25) is 4.79 Å². The highest BCUT2D eigenvalue weighted by Crippen LogP contribution is 2.36. The molecule has 9 nitrogen and oxygen atoms in total. The summed E-state index contributed by atoms with van der Waals surface area (Å²) in [5.41, 5.74) is 1.09. The van der Waals surface area contributed by atoms with Gasteiger partial charge in [-0.2, -0.15) is 0 Å². The Morgan fingerprint density at radius 2 is 1.73 bits per heavy atom. The summed E-state index contributed by atoms with van der Waals surface area (Å²) in [6.07, 6.45) is -6.99. The van der Waals surface area contributed by atoms with E-state index in [1.807, 2.05) is 0 Å². The molecule has 0 bridgehead atoms. The van der Waals surface area contributed by atoms with Crippen molar-refractivity contribution in [1.29, 1.82) is 0 Å². The van der Waals surface area contributed by atoms with Gasteiger partial charge in [-0.1, -0.05) is 12.1 Å². The molecule has 9 heteroatoms. The first-order valence-corrected chi connectivity index (χ1v) is 9.46. The second-order valence-corrected chi connectivity index (χ2v) is 7.29. The molecule has 0 aliphatic carbocycles. The van der Waals surface area contributed by atoms with Crippen molar-refractivity contribution in [2.45, 2.75) is 36.6 Å². The maximum Gasteiger partial charge on any atom is 0.229 e. The molecule has 2 aliphatic heterocycles. The number of aliphatic hydroxyl groups is 4. The van der Waals surface area contributed by atoms with Crippen LogP contribution in [0.5, 0.6) is 17.2 Å². The highest BCUT2D eigenvalue weighted by Gasteiger charge is 2.44. The molecular formula is C21H22O9. The van der Waals surface area contributed by atoms with Crippen LogP contribution < -0.4 is 9.47 Å². The Hall–Kier alpha value is -2.69. The fourth-order valence-electron chi connectivity index (χ4n) is 3.59.